The quantitative estimate of drug-likeness (QED) is 0.838. The molecule has 3 heteroatoms. The minimum Gasteiger partial charge on any atom is -0.374 e. The Morgan fingerprint density at radius 2 is 2.12 bits per heavy atom. The van der Waals surface area contributed by atoms with Gasteiger partial charge in [-0.2, -0.15) is 11.8 Å². The normalized spacial score (nSPS) is 38.8. The van der Waals surface area contributed by atoms with E-state index in [1.807, 2.05) is 0 Å². The molecule has 2 aliphatic heterocycles. The fourth-order valence-electron chi connectivity index (χ4n) is 3.46. The molecule has 2 atom stereocenters. The van der Waals surface area contributed by atoms with E-state index < -0.39 is 0 Å². The molecule has 0 bridgehead atoms. The van der Waals surface area contributed by atoms with E-state index in [1.165, 1.54) is 43.6 Å². The van der Waals surface area contributed by atoms with Crippen LogP contribution in [0.15, 0.2) is 0 Å². The first-order chi connectivity index (χ1) is 8.10. The third-order valence-electron chi connectivity index (χ3n) is 4.73. The molecule has 0 aromatic rings. The van der Waals surface area contributed by atoms with Gasteiger partial charge in [0.25, 0.3) is 0 Å². The van der Waals surface area contributed by atoms with Crippen molar-refractivity contribution >= 4 is 11.8 Å². The molecule has 2 unspecified atom stereocenters. The van der Waals surface area contributed by atoms with Crippen molar-refractivity contribution in [1.82, 2.24) is 5.32 Å². The average Bonchev–Trinajstić information content (AvgIpc) is 3.04. The van der Waals surface area contributed by atoms with Crippen LogP contribution >= 0.6 is 11.8 Å². The number of thioether (sulfide) groups is 1. The lowest BCUT2D eigenvalue weighted by Gasteiger charge is -2.41. The number of hydrogen-bond acceptors (Lipinski definition) is 3. The van der Waals surface area contributed by atoms with Crippen molar-refractivity contribution in [3.63, 3.8) is 0 Å². The Bertz CT molecular complexity index is 280. The number of nitrogens with one attached hydrogen (secondary N) is 1. The molecule has 3 fully saturated rings. The molecule has 1 aliphatic carbocycles. The molecule has 1 saturated carbocycles. The summed E-state index contributed by atoms with van der Waals surface area (Å²) in [5.41, 5.74) is 0.565. The SMILES string of the molecule is CC(C)(NC1CCOC2(CCSC2)C1)C1CC1. The minimum atomic E-state index is 0.222. The first kappa shape index (κ1) is 12.3. The molecule has 2 heterocycles. The highest BCUT2D eigenvalue weighted by atomic mass is 32.2. The lowest BCUT2D eigenvalue weighted by atomic mass is 9.87. The fraction of sp³-hybridized carbons (Fsp3) is 1.00. The topological polar surface area (TPSA) is 21.3 Å². The van der Waals surface area contributed by atoms with E-state index >= 15 is 0 Å². The number of rotatable bonds is 3. The second-order valence-corrected chi connectivity index (χ2v) is 7.77. The van der Waals surface area contributed by atoms with E-state index in [2.05, 4.69) is 30.9 Å². The van der Waals surface area contributed by atoms with E-state index in [-0.39, 0.29) is 5.60 Å². The lowest BCUT2D eigenvalue weighted by molar-refractivity contribution is -0.0734. The van der Waals surface area contributed by atoms with Crippen LogP contribution in [0.5, 0.6) is 0 Å². The largest absolute Gasteiger partial charge is 0.374 e. The molecule has 1 spiro atoms. The summed E-state index contributed by atoms with van der Waals surface area (Å²) in [6.45, 7) is 5.73. The van der Waals surface area contributed by atoms with Crippen LogP contribution in [0.25, 0.3) is 0 Å². The van der Waals surface area contributed by atoms with Gasteiger partial charge in [-0.15, -0.1) is 0 Å². The molecular weight excluding hydrogens is 230 g/mol. The molecule has 98 valence electrons. The highest BCUT2D eigenvalue weighted by molar-refractivity contribution is 7.99. The Hall–Kier alpha value is 0.270. The van der Waals surface area contributed by atoms with Gasteiger partial charge in [0.05, 0.1) is 5.60 Å². The third-order valence-corrected chi connectivity index (χ3v) is 5.96. The Labute approximate surface area is 109 Å². The van der Waals surface area contributed by atoms with Gasteiger partial charge in [-0.25, -0.2) is 0 Å². The Balaban J connectivity index is 1.60. The molecule has 3 rings (SSSR count). The maximum absolute atomic E-state index is 6.09. The average molecular weight is 255 g/mol. The Morgan fingerprint density at radius 3 is 2.76 bits per heavy atom. The summed E-state index contributed by atoms with van der Waals surface area (Å²) >= 11 is 2.07. The molecule has 2 nitrogen and oxygen atoms in total. The van der Waals surface area contributed by atoms with Crippen LogP contribution in [0.4, 0.5) is 0 Å². The van der Waals surface area contributed by atoms with Gasteiger partial charge in [0.15, 0.2) is 0 Å². The number of ether oxygens (including phenoxy) is 1. The fourth-order valence-corrected chi connectivity index (χ4v) is 4.84. The summed E-state index contributed by atoms with van der Waals surface area (Å²) in [7, 11) is 0. The predicted molar refractivity (Wildman–Crippen MR) is 73.6 cm³/mol. The van der Waals surface area contributed by atoms with Gasteiger partial charge in [-0.05, 0) is 57.6 Å². The summed E-state index contributed by atoms with van der Waals surface area (Å²) in [5, 5.41) is 3.92. The monoisotopic (exact) mass is 255 g/mol. The predicted octanol–water partition coefficient (Wildman–Crippen LogP) is 2.82. The van der Waals surface area contributed by atoms with Crippen LogP contribution in [-0.4, -0.2) is 35.3 Å². The van der Waals surface area contributed by atoms with Crippen molar-refractivity contribution in [2.24, 2.45) is 5.92 Å². The zero-order valence-corrected chi connectivity index (χ0v) is 11.9. The summed E-state index contributed by atoms with van der Waals surface area (Å²) in [5.74, 6) is 3.42. The molecule has 0 radical (unpaired) electrons. The van der Waals surface area contributed by atoms with Crippen LogP contribution in [0.1, 0.15) is 46.0 Å². The second-order valence-electron chi connectivity index (χ2n) is 6.66. The van der Waals surface area contributed by atoms with E-state index in [0.29, 0.717) is 11.6 Å². The van der Waals surface area contributed by atoms with Crippen molar-refractivity contribution in [2.75, 3.05) is 18.1 Å². The first-order valence-electron chi connectivity index (χ1n) is 7.09. The summed E-state index contributed by atoms with van der Waals surface area (Å²) < 4.78 is 6.09. The van der Waals surface area contributed by atoms with Gasteiger partial charge < -0.3 is 10.1 Å². The van der Waals surface area contributed by atoms with Crippen molar-refractivity contribution in [1.29, 1.82) is 0 Å². The Kier molecular flexibility index (Phi) is 3.21. The summed E-state index contributed by atoms with van der Waals surface area (Å²) in [4.78, 5) is 0. The zero-order chi connectivity index (χ0) is 11.9. The minimum absolute atomic E-state index is 0.222. The summed E-state index contributed by atoms with van der Waals surface area (Å²) in [6, 6.07) is 0.679. The molecule has 17 heavy (non-hydrogen) atoms. The van der Waals surface area contributed by atoms with Crippen molar-refractivity contribution < 1.29 is 4.74 Å². The smallest absolute Gasteiger partial charge is 0.0795 e. The lowest BCUT2D eigenvalue weighted by Crippen LogP contribution is -2.54. The molecule has 3 aliphatic rings. The highest BCUT2D eigenvalue weighted by Gasteiger charge is 2.44. The zero-order valence-electron chi connectivity index (χ0n) is 11.1. The number of hydrogen-bond donors (Lipinski definition) is 1. The van der Waals surface area contributed by atoms with E-state index in [9.17, 15) is 0 Å². The molecule has 0 aromatic carbocycles. The molecule has 1 N–H and O–H groups in total. The van der Waals surface area contributed by atoms with Crippen LogP contribution in [-0.2, 0) is 4.74 Å². The maximum atomic E-state index is 6.09. The molecule has 0 amide bonds. The van der Waals surface area contributed by atoms with Gasteiger partial charge in [0.1, 0.15) is 0 Å². The van der Waals surface area contributed by atoms with Crippen molar-refractivity contribution in [2.45, 2.75) is 63.1 Å². The van der Waals surface area contributed by atoms with Gasteiger partial charge in [-0.3, -0.25) is 0 Å². The highest BCUT2D eigenvalue weighted by Crippen LogP contribution is 2.42. The van der Waals surface area contributed by atoms with Crippen molar-refractivity contribution in [3.8, 4) is 0 Å². The van der Waals surface area contributed by atoms with Crippen LogP contribution in [0.3, 0.4) is 0 Å². The van der Waals surface area contributed by atoms with E-state index in [1.54, 1.807) is 0 Å². The van der Waals surface area contributed by atoms with E-state index in [0.717, 1.165) is 12.5 Å². The van der Waals surface area contributed by atoms with Crippen LogP contribution < -0.4 is 5.32 Å². The summed E-state index contributed by atoms with van der Waals surface area (Å²) in [6.07, 6.45) is 6.53. The van der Waals surface area contributed by atoms with Crippen molar-refractivity contribution in [3.05, 3.63) is 0 Å². The van der Waals surface area contributed by atoms with E-state index in [4.69, 9.17) is 4.74 Å². The molecular formula is C14H25NOS. The Morgan fingerprint density at radius 1 is 1.29 bits per heavy atom. The van der Waals surface area contributed by atoms with Gasteiger partial charge >= 0.3 is 0 Å². The first-order valence-corrected chi connectivity index (χ1v) is 8.25. The standard InChI is InChI=1S/C14H25NOS/c1-13(2,11-3-4-11)15-12-5-7-16-14(9-12)6-8-17-10-14/h11-12,15H,3-10H2,1-2H3. The molecule has 2 saturated heterocycles. The van der Waals surface area contributed by atoms with Gasteiger partial charge in [0.2, 0.25) is 0 Å². The van der Waals surface area contributed by atoms with Gasteiger partial charge in [-0.1, -0.05) is 0 Å². The van der Waals surface area contributed by atoms with Gasteiger partial charge in [0, 0.05) is 23.9 Å². The molecule has 0 aromatic heterocycles. The van der Waals surface area contributed by atoms with Crippen LogP contribution in [0.2, 0.25) is 0 Å². The van der Waals surface area contributed by atoms with Crippen LogP contribution in [0, 0.1) is 5.92 Å². The maximum Gasteiger partial charge on any atom is 0.0795 e. The second kappa shape index (κ2) is 4.43. The third kappa shape index (κ3) is 2.66.